The Hall–Kier alpha value is -4.65. The molecule has 0 radical (unpaired) electrons. The molecule has 1 aliphatic heterocycles. The SMILES string of the molecule is CCCNC(=O)C(Cc1ccccc1)N(Cc1cccc(OC)c1)C(=O)CN1C(=O)c2cccc3cccc1c23. The van der Waals surface area contributed by atoms with Crippen molar-refractivity contribution < 1.29 is 19.1 Å². The fraction of sp³-hybridized carbons (Fsp3) is 0.242. The molecule has 204 valence electrons. The minimum Gasteiger partial charge on any atom is -0.497 e. The second-order valence-electron chi connectivity index (χ2n) is 9.94. The lowest BCUT2D eigenvalue weighted by atomic mass is 10.0. The van der Waals surface area contributed by atoms with Crippen LogP contribution in [0.15, 0.2) is 91.0 Å². The molecule has 0 fully saturated rings. The highest BCUT2D eigenvalue weighted by molar-refractivity contribution is 6.26. The number of benzene rings is 4. The first kappa shape index (κ1) is 26.9. The van der Waals surface area contributed by atoms with Gasteiger partial charge in [0.2, 0.25) is 11.8 Å². The molecule has 1 atom stereocenters. The van der Waals surface area contributed by atoms with Gasteiger partial charge in [-0.25, -0.2) is 0 Å². The fourth-order valence-corrected chi connectivity index (χ4v) is 5.25. The van der Waals surface area contributed by atoms with Gasteiger partial charge in [-0.3, -0.25) is 19.3 Å². The van der Waals surface area contributed by atoms with Crippen molar-refractivity contribution >= 4 is 34.2 Å². The quantitative estimate of drug-likeness (QED) is 0.294. The third-order valence-electron chi connectivity index (χ3n) is 7.25. The van der Waals surface area contributed by atoms with E-state index in [-0.39, 0.29) is 30.8 Å². The number of carbonyl (C=O) groups excluding carboxylic acids is 3. The summed E-state index contributed by atoms with van der Waals surface area (Å²) in [6, 6.07) is 27.7. The highest BCUT2D eigenvalue weighted by Gasteiger charge is 2.35. The van der Waals surface area contributed by atoms with Crippen molar-refractivity contribution in [2.75, 3.05) is 25.1 Å². The van der Waals surface area contributed by atoms with Crippen LogP contribution in [0.5, 0.6) is 5.75 Å². The number of anilines is 1. The van der Waals surface area contributed by atoms with E-state index < -0.39 is 6.04 Å². The van der Waals surface area contributed by atoms with Gasteiger partial charge >= 0.3 is 0 Å². The van der Waals surface area contributed by atoms with Crippen LogP contribution in [-0.4, -0.2) is 48.9 Å². The second-order valence-corrected chi connectivity index (χ2v) is 9.94. The van der Waals surface area contributed by atoms with Crippen LogP contribution in [-0.2, 0) is 22.6 Å². The van der Waals surface area contributed by atoms with Gasteiger partial charge in [0.1, 0.15) is 18.3 Å². The number of hydrogen-bond acceptors (Lipinski definition) is 4. The summed E-state index contributed by atoms with van der Waals surface area (Å²) in [6.07, 6.45) is 1.12. The van der Waals surface area contributed by atoms with Crippen LogP contribution in [0.2, 0.25) is 0 Å². The first-order valence-corrected chi connectivity index (χ1v) is 13.6. The molecule has 4 aromatic rings. The molecule has 7 nitrogen and oxygen atoms in total. The van der Waals surface area contributed by atoms with Crippen molar-refractivity contribution in [2.24, 2.45) is 0 Å². The molecule has 0 saturated carbocycles. The van der Waals surface area contributed by atoms with Crippen molar-refractivity contribution in [1.82, 2.24) is 10.2 Å². The molecule has 0 spiro atoms. The third kappa shape index (κ3) is 5.54. The average molecular weight is 536 g/mol. The number of rotatable bonds is 11. The summed E-state index contributed by atoms with van der Waals surface area (Å²) in [5, 5.41) is 4.79. The molecule has 1 unspecified atom stereocenters. The normalized spacial score (nSPS) is 12.8. The molecule has 1 aliphatic rings. The van der Waals surface area contributed by atoms with Gasteiger partial charge in [0.25, 0.3) is 5.91 Å². The van der Waals surface area contributed by atoms with Gasteiger partial charge in [0, 0.05) is 30.5 Å². The van der Waals surface area contributed by atoms with Gasteiger partial charge in [-0.2, -0.15) is 0 Å². The molecular weight excluding hydrogens is 502 g/mol. The van der Waals surface area contributed by atoms with Crippen molar-refractivity contribution in [3.63, 3.8) is 0 Å². The van der Waals surface area contributed by atoms with Gasteiger partial charge in [-0.1, -0.05) is 73.7 Å². The van der Waals surface area contributed by atoms with Crippen LogP contribution in [0, 0.1) is 0 Å². The Labute approximate surface area is 234 Å². The number of carbonyl (C=O) groups is 3. The Morgan fingerprint density at radius 1 is 0.925 bits per heavy atom. The van der Waals surface area contributed by atoms with E-state index in [9.17, 15) is 14.4 Å². The molecule has 0 saturated heterocycles. The maximum atomic E-state index is 14.2. The molecular formula is C33H33N3O4. The lowest BCUT2D eigenvalue weighted by molar-refractivity contribution is -0.140. The number of methoxy groups -OCH3 is 1. The minimum absolute atomic E-state index is 0.178. The third-order valence-corrected chi connectivity index (χ3v) is 7.25. The average Bonchev–Trinajstić information content (AvgIpc) is 3.26. The number of nitrogens with zero attached hydrogens (tertiary/aromatic N) is 2. The molecule has 5 rings (SSSR count). The summed E-state index contributed by atoms with van der Waals surface area (Å²) in [5.41, 5.74) is 3.06. The van der Waals surface area contributed by atoms with E-state index in [1.807, 2.05) is 91.9 Å². The second kappa shape index (κ2) is 12.0. The lowest BCUT2D eigenvalue weighted by Gasteiger charge is -2.33. The summed E-state index contributed by atoms with van der Waals surface area (Å²) >= 11 is 0. The molecule has 4 aromatic carbocycles. The lowest BCUT2D eigenvalue weighted by Crippen LogP contribution is -2.53. The molecule has 0 bridgehead atoms. The summed E-state index contributed by atoms with van der Waals surface area (Å²) in [4.78, 5) is 44.4. The molecule has 7 heteroatoms. The van der Waals surface area contributed by atoms with Crippen LogP contribution >= 0.6 is 0 Å². The van der Waals surface area contributed by atoms with E-state index in [0.717, 1.165) is 28.3 Å². The zero-order chi connectivity index (χ0) is 28.1. The van der Waals surface area contributed by atoms with Gasteiger partial charge in [0.15, 0.2) is 0 Å². The van der Waals surface area contributed by atoms with Gasteiger partial charge in [-0.15, -0.1) is 0 Å². The van der Waals surface area contributed by atoms with Crippen LogP contribution in [0.25, 0.3) is 10.8 Å². The highest BCUT2D eigenvalue weighted by Crippen LogP contribution is 2.37. The molecule has 3 amide bonds. The van der Waals surface area contributed by atoms with Crippen molar-refractivity contribution in [1.29, 1.82) is 0 Å². The molecule has 40 heavy (non-hydrogen) atoms. The van der Waals surface area contributed by atoms with Gasteiger partial charge in [-0.05, 0) is 47.2 Å². The Morgan fingerprint density at radius 2 is 1.65 bits per heavy atom. The van der Waals surface area contributed by atoms with Crippen LogP contribution in [0.4, 0.5) is 5.69 Å². The van der Waals surface area contributed by atoms with Gasteiger partial charge < -0.3 is 15.0 Å². The molecule has 1 N–H and O–H groups in total. The van der Waals surface area contributed by atoms with Crippen LogP contribution < -0.4 is 15.0 Å². The van der Waals surface area contributed by atoms with E-state index in [1.165, 1.54) is 4.90 Å². The monoisotopic (exact) mass is 535 g/mol. The van der Waals surface area contributed by atoms with Crippen molar-refractivity contribution in [3.05, 3.63) is 108 Å². The highest BCUT2D eigenvalue weighted by atomic mass is 16.5. The Kier molecular flexibility index (Phi) is 8.10. The van der Waals surface area contributed by atoms with Gasteiger partial charge in [0.05, 0.1) is 12.8 Å². The molecule has 1 heterocycles. The minimum atomic E-state index is -0.775. The molecule has 0 aliphatic carbocycles. The standard InChI is InChI=1S/C33H33N3O4/c1-3-18-34-32(38)29(20-23-10-5-4-6-11-23)35(21-24-12-7-15-26(19-24)40-2)30(37)22-36-28-17-9-14-25-13-8-16-27(31(25)28)33(36)39/h4-17,19,29H,3,18,20-22H2,1-2H3,(H,34,38). The Morgan fingerprint density at radius 3 is 2.40 bits per heavy atom. The maximum absolute atomic E-state index is 14.2. The van der Waals surface area contributed by atoms with Crippen molar-refractivity contribution in [3.8, 4) is 5.75 Å². The fourth-order valence-electron chi connectivity index (χ4n) is 5.25. The van der Waals surface area contributed by atoms with Crippen LogP contribution in [0.3, 0.4) is 0 Å². The number of amides is 3. The summed E-state index contributed by atoms with van der Waals surface area (Å²) in [6.45, 7) is 2.51. The first-order valence-electron chi connectivity index (χ1n) is 13.6. The zero-order valence-corrected chi connectivity index (χ0v) is 22.8. The molecule has 0 aromatic heterocycles. The number of ether oxygens (including phenoxy) is 1. The number of nitrogens with one attached hydrogen (secondary N) is 1. The smallest absolute Gasteiger partial charge is 0.259 e. The van der Waals surface area contributed by atoms with Crippen LogP contribution in [0.1, 0.15) is 34.8 Å². The summed E-state index contributed by atoms with van der Waals surface area (Å²) < 4.78 is 5.41. The maximum Gasteiger partial charge on any atom is 0.259 e. The number of hydrogen-bond donors (Lipinski definition) is 1. The predicted octanol–water partition coefficient (Wildman–Crippen LogP) is 4.97. The van der Waals surface area contributed by atoms with E-state index >= 15 is 0 Å². The van der Waals surface area contributed by atoms with E-state index in [1.54, 1.807) is 18.1 Å². The Bertz CT molecular complexity index is 1530. The predicted molar refractivity (Wildman–Crippen MR) is 156 cm³/mol. The first-order chi connectivity index (χ1) is 19.5. The summed E-state index contributed by atoms with van der Waals surface area (Å²) in [5.74, 6) is -0.0815. The van der Waals surface area contributed by atoms with E-state index in [0.29, 0.717) is 30.0 Å². The van der Waals surface area contributed by atoms with E-state index in [2.05, 4.69) is 5.32 Å². The topological polar surface area (TPSA) is 79.0 Å². The largest absolute Gasteiger partial charge is 0.497 e. The summed E-state index contributed by atoms with van der Waals surface area (Å²) in [7, 11) is 1.59. The zero-order valence-electron chi connectivity index (χ0n) is 22.8. The van der Waals surface area contributed by atoms with Crippen molar-refractivity contribution in [2.45, 2.75) is 32.4 Å². The van der Waals surface area contributed by atoms with E-state index in [4.69, 9.17) is 4.74 Å². The Balaban J connectivity index is 1.51.